The molecule has 0 radical (unpaired) electrons. The van der Waals surface area contributed by atoms with E-state index in [9.17, 15) is 18.0 Å². The Balaban J connectivity index is 1.91. The van der Waals surface area contributed by atoms with Crippen molar-refractivity contribution < 1.29 is 18.0 Å². The van der Waals surface area contributed by atoms with Crippen molar-refractivity contribution in [3.8, 4) is 0 Å². The van der Waals surface area contributed by atoms with Gasteiger partial charge in [-0.05, 0) is 30.7 Å². The Kier molecular flexibility index (Phi) is 6.66. The second-order valence-corrected chi connectivity index (χ2v) is 8.04. The first-order chi connectivity index (χ1) is 11.8. The van der Waals surface area contributed by atoms with E-state index in [0.29, 0.717) is 56.2 Å². The summed E-state index contributed by atoms with van der Waals surface area (Å²) in [4.78, 5) is 27.9. The third-order valence-corrected chi connectivity index (χ3v) is 4.75. The zero-order chi connectivity index (χ0) is 18.4. The number of carbonyl (C=O) groups excluding carboxylic acids is 2. The van der Waals surface area contributed by atoms with Gasteiger partial charge in [-0.15, -0.1) is 11.6 Å². The second-order valence-electron chi connectivity index (χ2n) is 5.92. The number of hydrogen-bond donors (Lipinski definition) is 1. The molecule has 0 atom stereocenters. The first-order valence-corrected chi connectivity index (χ1v) is 10.4. The van der Waals surface area contributed by atoms with Crippen molar-refractivity contribution in [2.45, 2.75) is 12.8 Å². The zero-order valence-corrected chi connectivity index (χ0v) is 15.6. The van der Waals surface area contributed by atoms with Crippen LogP contribution in [0.4, 0.5) is 5.69 Å². The van der Waals surface area contributed by atoms with Crippen molar-refractivity contribution in [3.63, 3.8) is 0 Å². The van der Waals surface area contributed by atoms with Gasteiger partial charge in [0.05, 0.1) is 6.26 Å². The Morgan fingerprint density at radius 3 is 2.16 bits per heavy atom. The first kappa shape index (κ1) is 19.5. The summed E-state index contributed by atoms with van der Waals surface area (Å²) >= 11 is 5.60. The van der Waals surface area contributed by atoms with Crippen molar-refractivity contribution >= 4 is 39.1 Å². The molecule has 0 aromatic heterocycles. The molecule has 0 saturated carbocycles. The van der Waals surface area contributed by atoms with Crippen LogP contribution >= 0.6 is 11.6 Å². The molecule has 2 amide bonds. The standard InChI is InChI=1S/C16H22ClN3O4S/c1-25(23,24)18-14-6-4-13(5-7-14)16(22)20-11-9-19(10-12-20)15(21)3-2-8-17/h4-7,18H,2-3,8-12H2,1H3. The smallest absolute Gasteiger partial charge is 0.253 e. The van der Waals surface area contributed by atoms with Gasteiger partial charge >= 0.3 is 0 Å². The summed E-state index contributed by atoms with van der Waals surface area (Å²) < 4.78 is 24.7. The summed E-state index contributed by atoms with van der Waals surface area (Å²) in [7, 11) is -3.34. The van der Waals surface area contributed by atoms with Crippen LogP contribution in [-0.2, 0) is 14.8 Å². The van der Waals surface area contributed by atoms with E-state index in [4.69, 9.17) is 11.6 Å². The van der Waals surface area contributed by atoms with Crippen LogP contribution in [0.25, 0.3) is 0 Å². The number of nitrogens with one attached hydrogen (secondary N) is 1. The van der Waals surface area contributed by atoms with Crippen molar-refractivity contribution in [1.82, 2.24) is 9.80 Å². The SMILES string of the molecule is CS(=O)(=O)Nc1ccc(C(=O)N2CCN(C(=O)CCCCl)CC2)cc1. The lowest BCUT2D eigenvalue weighted by Gasteiger charge is -2.35. The summed E-state index contributed by atoms with van der Waals surface area (Å²) in [5, 5.41) is 0. The predicted octanol–water partition coefficient (Wildman–Crippen LogP) is 1.36. The molecule has 1 aliphatic heterocycles. The molecule has 138 valence electrons. The van der Waals surface area contributed by atoms with E-state index in [2.05, 4.69) is 4.72 Å². The molecule has 2 rings (SSSR count). The predicted molar refractivity (Wildman–Crippen MR) is 97.3 cm³/mol. The highest BCUT2D eigenvalue weighted by molar-refractivity contribution is 7.92. The zero-order valence-electron chi connectivity index (χ0n) is 14.1. The molecule has 1 aliphatic rings. The third-order valence-electron chi connectivity index (χ3n) is 3.88. The van der Waals surface area contributed by atoms with Crippen molar-refractivity contribution in [2.24, 2.45) is 0 Å². The van der Waals surface area contributed by atoms with Gasteiger partial charge < -0.3 is 9.80 Å². The van der Waals surface area contributed by atoms with E-state index in [1.54, 1.807) is 34.1 Å². The summed E-state index contributed by atoms with van der Waals surface area (Å²) in [5.74, 6) is 0.414. The van der Waals surface area contributed by atoms with Crippen LogP contribution in [0.15, 0.2) is 24.3 Å². The average molecular weight is 388 g/mol. The number of anilines is 1. The van der Waals surface area contributed by atoms with Gasteiger partial charge in [-0.1, -0.05) is 0 Å². The number of alkyl halides is 1. The van der Waals surface area contributed by atoms with E-state index >= 15 is 0 Å². The van der Waals surface area contributed by atoms with E-state index in [1.807, 2.05) is 0 Å². The van der Waals surface area contributed by atoms with Crippen LogP contribution in [0.5, 0.6) is 0 Å². The lowest BCUT2D eigenvalue weighted by molar-refractivity contribution is -0.132. The minimum Gasteiger partial charge on any atom is -0.339 e. The molecule has 1 aromatic rings. The van der Waals surface area contributed by atoms with Crippen LogP contribution in [0.2, 0.25) is 0 Å². The summed E-state index contributed by atoms with van der Waals surface area (Å²) in [6.45, 7) is 1.99. The van der Waals surface area contributed by atoms with E-state index in [1.165, 1.54) is 0 Å². The topological polar surface area (TPSA) is 86.8 Å². The minimum absolute atomic E-state index is 0.0731. The lowest BCUT2D eigenvalue weighted by atomic mass is 10.1. The fourth-order valence-corrected chi connectivity index (χ4v) is 3.31. The van der Waals surface area contributed by atoms with Crippen LogP contribution in [-0.4, -0.2) is 68.3 Å². The molecule has 1 saturated heterocycles. The molecule has 0 spiro atoms. The maximum absolute atomic E-state index is 12.5. The van der Waals surface area contributed by atoms with Crippen LogP contribution < -0.4 is 4.72 Å². The Morgan fingerprint density at radius 1 is 1.08 bits per heavy atom. The van der Waals surface area contributed by atoms with Crippen molar-refractivity contribution in [2.75, 3.05) is 43.0 Å². The van der Waals surface area contributed by atoms with E-state index in [-0.39, 0.29) is 11.8 Å². The van der Waals surface area contributed by atoms with Gasteiger partial charge in [0.2, 0.25) is 15.9 Å². The molecule has 0 aliphatic carbocycles. The Hall–Kier alpha value is -1.80. The number of hydrogen-bond acceptors (Lipinski definition) is 4. The maximum atomic E-state index is 12.5. The fraction of sp³-hybridized carbons (Fsp3) is 0.500. The molecule has 1 N–H and O–H groups in total. The molecule has 1 fully saturated rings. The van der Waals surface area contributed by atoms with Gasteiger partial charge in [0, 0.05) is 49.7 Å². The largest absolute Gasteiger partial charge is 0.339 e. The third kappa shape index (κ3) is 5.89. The number of rotatable bonds is 6. The molecule has 0 bridgehead atoms. The fourth-order valence-electron chi connectivity index (χ4n) is 2.61. The number of amides is 2. The van der Waals surface area contributed by atoms with Gasteiger partial charge in [-0.25, -0.2) is 8.42 Å². The van der Waals surface area contributed by atoms with E-state index in [0.717, 1.165) is 6.26 Å². The maximum Gasteiger partial charge on any atom is 0.253 e. The Morgan fingerprint density at radius 2 is 1.64 bits per heavy atom. The van der Waals surface area contributed by atoms with Crippen molar-refractivity contribution in [1.29, 1.82) is 0 Å². The number of nitrogens with zero attached hydrogens (tertiary/aromatic N) is 2. The van der Waals surface area contributed by atoms with Crippen LogP contribution in [0, 0.1) is 0 Å². The van der Waals surface area contributed by atoms with Gasteiger partial charge in [0.25, 0.3) is 5.91 Å². The number of piperazine rings is 1. The summed E-state index contributed by atoms with van der Waals surface area (Å²) in [5.41, 5.74) is 0.898. The molecule has 0 unspecified atom stereocenters. The van der Waals surface area contributed by atoms with Gasteiger partial charge in [0.15, 0.2) is 0 Å². The highest BCUT2D eigenvalue weighted by Crippen LogP contribution is 2.14. The van der Waals surface area contributed by atoms with Gasteiger partial charge in [-0.3, -0.25) is 14.3 Å². The molecule has 1 heterocycles. The molecular weight excluding hydrogens is 366 g/mol. The van der Waals surface area contributed by atoms with Crippen molar-refractivity contribution in [3.05, 3.63) is 29.8 Å². The molecular formula is C16H22ClN3O4S. The Bertz CT molecular complexity index is 713. The minimum atomic E-state index is -3.34. The van der Waals surface area contributed by atoms with E-state index < -0.39 is 10.0 Å². The number of carbonyl (C=O) groups is 2. The highest BCUT2D eigenvalue weighted by atomic mass is 35.5. The first-order valence-electron chi connectivity index (χ1n) is 8.01. The van der Waals surface area contributed by atoms with Crippen LogP contribution in [0.1, 0.15) is 23.2 Å². The highest BCUT2D eigenvalue weighted by Gasteiger charge is 2.24. The molecule has 9 heteroatoms. The summed E-state index contributed by atoms with van der Waals surface area (Å²) in [6.07, 6.45) is 2.17. The quantitative estimate of drug-likeness (QED) is 0.747. The number of halogens is 1. The monoisotopic (exact) mass is 387 g/mol. The number of benzene rings is 1. The molecule has 1 aromatic carbocycles. The van der Waals surface area contributed by atoms with Gasteiger partial charge in [-0.2, -0.15) is 0 Å². The van der Waals surface area contributed by atoms with Crippen LogP contribution in [0.3, 0.4) is 0 Å². The normalized spacial score (nSPS) is 15.1. The van der Waals surface area contributed by atoms with Gasteiger partial charge in [0.1, 0.15) is 0 Å². The lowest BCUT2D eigenvalue weighted by Crippen LogP contribution is -2.50. The molecule has 25 heavy (non-hydrogen) atoms. The average Bonchev–Trinajstić information content (AvgIpc) is 2.58. The Labute approximate surface area is 153 Å². The summed E-state index contributed by atoms with van der Waals surface area (Å²) in [6, 6.07) is 6.29. The molecule has 7 nitrogen and oxygen atoms in total. The number of sulfonamides is 1. The second kappa shape index (κ2) is 8.53.